The number of ketones is 1. The van der Waals surface area contributed by atoms with Gasteiger partial charge in [-0.05, 0) is 17.9 Å². The number of hydrogen-bond acceptors (Lipinski definition) is 6. The fourth-order valence-corrected chi connectivity index (χ4v) is 5.25. The van der Waals surface area contributed by atoms with Crippen LogP contribution in [0.4, 0.5) is 5.69 Å². The number of carbonyl (C=O) groups is 2. The Morgan fingerprint density at radius 3 is 2.52 bits per heavy atom. The summed E-state index contributed by atoms with van der Waals surface area (Å²) in [7, 11) is 3.59. The van der Waals surface area contributed by atoms with Crippen LogP contribution in [-0.2, 0) is 15.0 Å². The van der Waals surface area contributed by atoms with Crippen molar-refractivity contribution in [2.45, 2.75) is 32.1 Å². The highest BCUT2D eigenvalue weighted by Crippen LogP contribution is 2.57. The fraction of sp³-hybridized carbons (Fsp3) is 0.375. The second-order valence-corrected chi connectivity index (χ2v) is 9.16. The number of benzene rings is 1. The first-order valence-corrected chi connectivity index (χ1v) is 10.1. The third-order valence-corrected chi connectivity index (χ3v) is 6.27. The molecule has 1 amide bonds. The van der Waals surface area contributed by atoms with Crippen LogP contribution in [0.15, 0.2) is 46.9 Å². The van der Waals surface area contributed by atoms with Crippen molar-refractivity contribution >= 4 is 17.4 Å². The molecule has 2 N–H and O–H groups in total. The normalized spacial score (nSPS) is 24.5. The van der Waals surface area contributed by atoms with Crippen LogP contribution in [0.2, 0.25) is 0 Å². The number of amides is 1. The predicted octanol–water partition coefficient (Wildman–Crippen LogP) is 2.03. The van der Waals surface area contributed by atoms with Crippen LogP contribution in [0.5, 0.6) is 0 Å². The van der Waals surface area contributed by atoms with Crippen LogP contribution >= 0.6 is 0 Å². The molecule has 1 spiro atoms. The number of hydrazine groups is 1. The number of allylic oxidation sites excluding steroid dienone is 1. The zero-order valence-corrected chi connectivity index (χ0v) is 18.2. The summed E-state index contributed by atoms with van der Waals surface area (Å²) < 4.78 is 0. The highest BCUT2D eigenvalue weighted by Gasteiger charge is 2.63. The number of anilines is 1. The summed E-state index contributed by atoms with van der Waals surface area (Å²) in [5, 5.41) is 13.7. The molecular weight excluding hydrogens is 390 g/mol. The van der Waals surface area contributed by atoms with Gasteiger partial charge >= 0.3 is 0 Å². The number of terminal acetylenes is 1. The van der Waals surface area contributed by atoms with E-state index in [-0.39, 0.29) is 35.6 Å². The van der Waals surface area contributed by atoms with Gasteiger partial charge in [0.2, 0.25) is 5.91 Å². The van der Waals surface area contributed by atoms with Crippen LogP contribution in [0.1, 0.15) is 32.3 Å². The molecule has 31 heavy (non-hydrogen) atoms. The average Bonchev–Trinajstić information content (AvgIpc) is 2.91. The summed E-state index contributed by atoms with van der Waals surface area (Å²) >= 11 is 0. The molecule has 0 saturated heterocycles. The SMILES string of the molecule is C#CCN1C(=O)C2(C(C#N)=C(N)N(N(C)C)C3=C2C(=O)CC(C)(C)C3)c2ccccc21. The minimum Gasteiger partial charge on any atom is -0.383 e. The molecule has 158 valence electrons. The minimum atomic E-state index is -1.58. The summed E-state index contributed by atoms with van der Waals surface area (Å²) in [4.78, 5) is 29.2. The van der Waals surface area contributed by atoms with Crippen molar-refractivity contribution in [3.63, 3.8) is 0 Å². The number of nitriles is 1. The van der Waals surface area contributed by atoms with Gasteiger partial charge in [-0.2, -0.15) is 5.26 Å². The second kappa shape index (κ2) is 6.73. The molecule has 2 aliphatic heterocycles. The number of rotatable bonds is 2. The van der Waals surface area contributed by atoms with Gasteiger partial charge in [-0.25, -0.2) is 5.01 Å². The number of Topliss-reactive ketones (excluding diaryl/α,β-unsaturated/α-hetero) is 1. The van der Waals surface area contributed by atoms with E-state index in [1.807, 2.05) is 19.9 Å². The van der Waals surface area contributed by atoms with E-state index in [1.165, 1.54) is 4.90 Å². The maximum absolute atomic E-state index is 14.1. The highest BCUT2D eigenvalue weighted by atomic mass is 16.2. The number of nitrogens with zero attached hydrogens (tertiary/aromatic N) is 4. The van der Waals surface area contributed by atoms with E-state index < -0.39 is 11.3 Å². The first-order chi connectivity index (χ1) is 14.6. The molecule has 1 aromatic rings. The van der Waals surface area contributed by atoms with Crippen molar-refractivity contribution in [1.29, 1.82) is 5.26 Å². The van der Waals surface area contributed by atoms with Crippen molar-refractivity contribution in [1.82, 2.24) is 10.0 Å². The van der Waals surface area contributed by atoms with E-state index in [9.17, 15) is 14.9 Å². The van der Waals surface area contributed by atoms with Gasteiger partial charge < -0.3 is 5.73 Å². The molecule has 1 unspecified atom stereocenters. The summed E-state index contributed by atoms with van der Waals surface area (Å²) in [6.07, 6.45) is 6.37. The van der Waals surface area contributed by atoms with Crippen molar-refractivity contribution in [2.24, 2.45) is 11.1 Å². The minimum absolute atomic E-state index is 0.0376. The van der Waals surface area contributed by atoms with Gasteiger partial charge in [0, 0.05) is 43.0 Å². The number of hydrogen-bond donors (Lipinski definition) is 1. The summed E-state index contributed by atoms with van der Waals surface area (Å²) in [6.45, 7) is 4.07. The monoisotopic (exact) mass is 415 g/mol. The van der Waals surface area contributed by atoms with E-state index in [0.29, 0.717) is 28.9 Å². The summed E-state index contributed by atoms with van der Waals surface area (Å²) in [5.74, 6) is 2.13. The predicted molar refractivity (Wildman–Crippen MR) is 117 cm³/mol. The quantitative estimate of drug-likeness (QED) is 0.743. The third-order valence-electron chi connectivity index (χ3n) is 6.27. The van der Waals surface area contributed by atoms with Gasteiger partial charge in [0.1, 0.15) is 17.3 Å². The number of carbonyl (C=O) groups excluding carboxylic acids is 2. The number of para-hydroxylation sites is 1. The molecule has 3 aliphatic rings. The van der Waals surface area contributed by atoms with Crippen LogP contribution in [-0.4, -0.2) is 42.3 Å². The van der Waals surface area contributed by atoms with Gasteiger partial charge in [-0.1, -0.05) is 38.0 Å². The maximum Gasteiger partial charge on any atom is 0.248 e. The van der Waals surface area contributed by atoms with Gasteiger partial charge in [0.15, 0.2) is 5.78 Å². The standard InChI is InChI=1S/C24H25N5O2/c1-6-11-28-17-10-8-7-9-15(17)24(22(28)31)16(14-25)21(26)29(27(4)5)18-12-23(2,3)13-19(30)20(18)24/h1,7-10H,11-13,26H2,2-5H3. The van der Waals surface area contributed by atoms with Gasteiger partial charge in [-0.3, -0.25) is 19.5 Å². The Bertz CT molecular complexity index is 1160. The van der Waals surface area contributed by atoms with Crippen LogP contribution < -0.4 is 10.6 Å². The smallest absolute Gasteiger partial charge is 0.248 e. The molecule has 7 heteroatoms. The lowest BCUT2D eigenvalue weighted by atomic mass is 9.61. The van der Waals surface area contributed by atoms with Crippen LogP contribution in [0.3, 0.4) is 0 Å². The zero-order chi connectivity index (χ0) is 22.7. The lowest BCUT2D eigenvalue weighted by molar-refractivity contribution is -0.125. The topological polar surface area (TPSA) is 93.7 Å². The van der Waals surface area contributed by atoms with Gasteiger partial charge in [-0.15, -0.1) is 6.42 Å². The second-order valence-electron chi connectivity index (χ2n) is 9.16. The Kier molecular flexibility index (Phi) is 4.50. The van der Waals surface area contributed by atoms with Crippen molar-refractivity contribution < 1.29 is 9.59 Å². The molecule has 1 aromatic carbocycles. The molecule has 1 aliphatic carbocycles. The molecular formula is C24H25N5O2. The van der Waals surface area contributed by atoms with E-state index in [0.717, 1.165) is 0 Å². The lowest BCUT2D eigenvalue weighted by Crippen LogP contribution is -2.55. The van der Waals surface area contributed by atoms with Gasteiger partial charge in [0.05, 0.1) is 12.1 Å². The molecule has 0 radical (unpaired) electrons. The molecule has 2 heterocycles. The Morgan fingerprint density at radius 1 is 1.23 bits per heavy atom. The zero-order valence-electron chi connectivity index (χ0n) is 18.2. The largest absolute Gasteiger partial charge is 0.383 e. The van der Waals surface area contributed by atoms with Crippen molar-refractivity contribution in [2.75, 3.05) is 25.5 Å². The first-order valence-electron chi connectivity index (χ1n) is 10.1. The average molecular weight is 415 g/mol. The van der Waals surface area contributed by atoms with E-state index in [4.69, 9.17) is 12.2 Å². The molecule has 1 atom stereocenters. The Labute approximate surface area is 182 Å². The molecule has 0 saturated carbocycles. The molecule has 4 rings (SSSR count). The molecule has 0 aromatic heterocycles. The Morgan fingerprint density at radius 2 is 1.90 bits per heavy atom. The lowest BCUT2D eigenvalue weighted by Gasteiger charge is -2.48. The van der Waals surface area contributed by atoms with Crippen LogP contribution in [0, 0.1) is 29.1 Å². The van der Waals surface area contributed by atoms with Gasteiger partial charge in [0.25, 0.3) is 0 Å². The molecule has 0 fully saturated rings. The summed E-state index contributed by atoms with van der Waals surface area (Å²) in [6, 6.07) is 9.37. The Balaban J connectivity index is 2.16. The Hall–Kier alpha value is -3.55. The van der Waals surface area contributed by atoms with Crippen LogP contribution in [0.25, 0.3) is 0 Å². The van der Waals surface area contributed by atoms with Crippen molar-refractivity contribution in [3.05, 3.63) is 52.5 Å². The fourth-order valence-electron chi connectivity index (χ4n) is 5.25. The summed E-state index contributed by atoms with van der Waals surface area (Å²) in [5.41, 5.74) is 6.90. The molecule has 7 nitrogen and oxygen atoms in total. The van der Waals surface area contributed by atoms with E-state index in [2.05, 4.69) is 12.0 Å². The number of fused-ring (bicyclic) bond motifs is 3. The maximum atomic E-state index is 14.1. The number of nitrogens with two attached hydrogens (primary N) is 1. The van der Waals surface area contributed by atoms with E-state index >= 15 is 0 Å². The van der Waals surface area contributed by atoms with E-state index in [1.54, 1.807) is 42.3 Å². The third kappa shape index (κ3) is 2.57. The highest BCUT2D eigenvalue weighted by molar-refractivity contribution is 6.20. The molecule has 0 bridgehead atoms. The first kappa shape index (κ1) is 20.7. The van der Waals surface area contributed by atoms with Crippen molar-refractivity contribution in [3.8, 4) is 18.4 Å².